The molecule has 1 atom stereocenters. The van der Waals surface area contributed by atoms with Crippen LogP contribution in [-0.4, -0.2) is 23.8 Å². The Bertz CT molecular complexity index is 435. The van der Waals surface area contributed by atoms with Gasteiger partial charge in [-0.1, -0.05) is 13.8 Å². The van der Waals surface area contributed by atoms with Crippen LogP contribution in [0.5, 0.6) is 0 Å². The van der Waals surface area contributed by atoms with Gasteiger partial charge >= 0.3 is 6.03 Å². The molecule has 1 aromatic carbocycles. The first kappa shape index (κ1) is 15.4. The topological polar surface area (TPSA) is 61.4 Å². The molecule has 3 N–H and O–H groups in total. The Morgan fingerprint density at radius 1 is 1.42 bits per heavy atom. The number of hydrogen-bond donors (Lipinski definition) is 3. The van der Waals surface area contributed by atoms with Crippen LogP contribution in [0.4, 0.5) is 14.9 Å². The molecular formula is C14H21FN2O2. The molecule has 0 saturated carbocycles. The van der Waals surface area contributed by atoms with E-state index < -0.39 is 6.03 Å². The Morgan fingerprint density at radius 3 is 2.63 bits per heavy atom. The van der Waals surface area contributed by atoms with Gasteiger partial charge in [-0.2, -0.15) is 0 Å². The maximum atomic E-state index is 13.1. The molecule has 0 aliphatic heterocycles. The maximum Gasteiger partial charge on any atom is 0.319 e. The van der Waals surface area contributed by atoms with Gasteiger partial charge in [0.15, 0.2) is 0 Å². The standard InChI is InChI=1S/C14H21FN2O2/c1-9(2)6-12(8-18)17-14(19)16-11-4-5-13(15)10(3)7-11/h4-5,7,9,12,18H,6,8H2,1-3H3,(H2,16,17,19). The molecule has 0 spiro atoms. The van der Waals surface area contributed by atoms with Crippen molar-refractivity contribution in [1.82, 2.24) is 5.32 Å². The SMILES string of the molecule is Cc1cc(NC(=O)NC(CO)CC(C)C)ccc1F. The van der Waals surface area contributed by atoms with Crippen LogP contribution in [0.15, 0.2) is 18.2 Å². The third-order valence-corrected chi connectivity index (χ3v) is 2.73. The minimum absolute atomic E-state index is 0.103. The van der Waals surface area contributed by atoms with E-state index in [1.165, 1.54) is 12.1 Å². The van der Waals surface area contributed by atoms with Crippen molar-refractivity contribution in [2.24, 2.45) is 5.92 Å². The number of rotatable bonds is 5. The second-order valence-electron chi connectivity index (χ2n) is 5.07. The second-order valence-corrected chi connectivity index (χ2v) is 5.07. The van der Waals surface area contributed by atoms with Crippen molar-refractivity contribution in [2.75, 3.05) is 11.9 Å². The molecule has 0 bridgehead atoms. The smallest absolute Gasteiger partial charge is 0.319 e. The van der Waals surface area contributed by atoms with E-state index in [2.05, 4.69) is 10.6 Å². The molecule has 2 amide bonds. The van der Waals surface area contributed by atoms with Gasteiger partial charge in [0.2, 0.25) is 0 Å². The molecule has 0 aliphatic carbocycles. The first-order valence-corrected chi connectivity index (χ1v) is 6.37. The summed E-state index contributed by atoms with van der Waals surface area (Å²) in [5.41, 5.74) is 0.997. The van der Waals surface area contributed by atoms with E-state index in [0.29, 0.717) is 23.6 Å². The molecule has 106 valence electrons. The predicted molar refractivity (Wildman–Crippen MR) is 73.6 cm³/mol. The monoisotopic (exact) mass is 268 g/mol. The number of aliphatic hydroxyl groups is 1. The highest BCUT2D eigenvalue weighted by Crippen LogP contribution is 2.13. The lowest BCUT2D eigenvalue weighted by atomic mass is 10.0. The van der Waals surface area contributed by atoms with Crippen LogP contribution in [0.1, 0.15) is 25.8 Å². The fourth-order valence-corrected chi connectivity index (χ4v) is 1.82. The normalized spacial score (nSPS) is 12.3. The second kappa shape index (κ2) is 7.09. The van der Waals surface area contributed by atoms with Gasteiger partial charge in [0, 0.05) is 5.69 Å². The lowest BCUT2D eigenvalue weighted by molar-refractivity contribution is 0.214. The molecule has 1 unspecified atom stereocenters. The van der Waals surface area contributed by atoms with Crippen molar-refractivity contribution < 1.29 is 14.3 Å². The molecule has 19 heavy (non-hydrogen) atoms. The number of carbonyl (C=O) groups is 1. The van der Waals surface area contributed by atoms with Crippen LogP contribution in [0.2, 0.25) is 0 Å². The van der Waals surface area contributed by atoms with E-state index in [1.807, 2.05) is 13.8 Å². The average Bonchev–Trinajstić information content (AvgIpc) is 2.32. The number of halogens is 1. The molecule has 5 heteroatoms. The predicted octanol–water partition coefficient (Wildman–Crippen LogP) is 2.66. The summed E-state index contributed by atoms with van der Waals surface area (Å²) in [6, 6.07) is 3.69. The molecule has 0 fully saturated rings. The van der Waals surface area contributed by atoms with Crippen molar-refractivity contribution in [3.63, 3.8) is 0 Å². The minimum atomic E-state index is -0.397. The number of hydrogen-bond acceptors (Lipinski definition) is 2. The number of amides is 2. The van der Waals surface area contributed by atoms with E-state index in [4.69, 9.17) is 0 Å². The number of benzene rings is 1. The van der Waals surface area contributed by atoms with Gasteiger partial charge in [-0.3, -0.25) is 0 Å². The summed E-state index contributed by atoms with van der Waals surface area (Å²) in [6.07, 6.45) is 0.701. The highest BCUT2D eigenvalue weighted by molar-refractivity contribution is 5.89. The molecule has 0 radical (unpaired) electrons. The van der Waals surface area contributed by atoms with E-state index >= 15 is 0 Å². The number of urea groups is 1. The van der Waals surface area contributed by atoms with E-state index in [1.54, 1.807) is 13.0 Å². The Balaban J connectivity index is 2.56. The highest BCUT2D eigenvalue weighted by Gasteiger charge is 2.13. The zero-order valence-electron chi connectivity index (χ0n) is 11.5. The largest absolute Gasteiger partial charge is 0.394 e. The van der Waals surface area contributed by atoms with Crippen LogP contribution in [0, 0.1) is 18.7 Å². The van der Waals surface area contributed by atoms with Crippen molar-refractivity contribution in [2.45, 2.75) is 33.2 Å². The summed E-state index contributed by atoms with van der Waals surface area (Å²) < 4.78 is 13.1. The maximum absolute atomic E-state index is 13.1. The zero-order valence-corrected chi connectivity index (χ0v) is 11.5. The van der Waals surface area contributed by atoms with Crippen LogP contribution in [-0.2, 0) is 0 Å². The van der Waals surface area contributed by atoms with Gasteiger partial charge in [-0.05, 0) is 43.0 Å². The zero-order chi connectivity index (χ0) is 14.4. The van der Waals surface area contributed by atoms with Gasteiger partial charge in [0.1, 0.15) is 5.82 Å². The molecular weight excluding hydrogens is 247 g/mol. The van der Waals surface area contributed by atoms with Crippen LogP contribution < -0.4 is 10.6 Å². The van der Waals surface area contributed by atoms with Gasteiger partial charge in [-0.15, -0.1) is 0 Å². The van der Waals surface area contributed by atoms with Crippen LogP contribution in [0.25, 0.3) is 0 Å². The summed E-state index contributed by atoms with van der Waals surface area (Å²) >= 11 is 0. The third kappa shape index (κ3) is 5.26. The third-order valence-electron chi connectivity index (χ3n) is 2.73. The minimum Gasteiger partial charge on any atom is -0.394 e. The summed E-state index contributed by atoms with van der Waals surface area (Å²) in [6.45, 7) is 5.57. The van der Waals surface area contributed by atoms with Crippen molar-refractivity contribution in [3.8, 4) is 0 Å². The van der Waals surface area contributed by atoms with Crippen molar-refractivity contribution in [1.29, 1.82) is 0 Å². The number of nitrogens with one attached hydrogen (secondary N) is 2. The van der Waals surface area contributed by atoms with Crippen molar-refractivity contribution in [3.05, 3.63) is 29.6 Å². The lowest BCUT2D eigenvalue weighted by Gasteiger charge is -2.18. The molecule has 4 nitrogen and oxygen atoms in total. The molecule has 0 aromatic heterocycles. The number of aliphatic hydroxyl groups excluding tert-OH is 1. The Labute approximate surface area is 113 Å². The van der Waals surface area contributed by atoms with Gasteiger partial charge in [-0.25, -0.2) is 9.18 Å². The summed E-state index contributed by atoms with van der Waals surface area (Å²) in [4.78, 5) is 11.7. The number of aryl methyl sites for hydroxylation is 1. The van der Waals surface area contributed by atoms with Crippen LogP contribution in [0.3, 0.4) is 0 Å². The highest BCUT2D eigenvalue weighted by atomic mass is 19.1. The van der Waals surface area contributed by atoms with Gasteiger partial charge in [0.05, 0.1) is 12.6 Å². The van der Waals surface area contributed by atoms with Gasteiger partial charge in [0.25, 0.3) is 0 Å². The molecule has 1 rings (SSSR count). The Hall–Kier alpha value is -1.62. The first-order chi connectivity index (χ1) is 8.92. The summed E-state index contributed by atoms with van der Waals surface area (Å²) in [5.74, 6) is 0.0736. The summed E-state index contributed by atoms with van der Waals surface area (Å²) in [7, 11) is 0. The van der Waals surface area contributed by atoms with Gasteiger partial charge < -0.3 is 15.7 Å². The summed E-state index contributed by atoms with van der Waals surface area (Å²) in [5, 5.41) is 14.5. The fourth-order valence-electron chi connectivity index (χ4n) is 1.82. The molecule has 0 heterocycles. The Kier molecular flexibility index (Phi) is 5.76. The van der Waals surface area contributed by atoms with E-state index in [0.717, 1.165) is 0 Å². The molecule has 0 saturated heterocycles. The van der Waals surface area contributed by atoms with Crippen LogP contribution >= 0.6 is 0 Å². The quantitative estimate of drug-likeness (QED) is 0.769. The van der Waals surface area contributed by atoms with Crippen molar-refractivity contribution >= 4 is 11.7 Å². The lowest BCUT2D eigenvalue weighted by Crippen LogP contribution is -2.40. The van der Waals surface area contributed by atoms with E-state index in [9.17, 15) is 14.3 Å². The number of anilines is 1. The average molecular weight is 268 g/mol. The molecule has 1 aromatic rings. The fraction of sp³-hybridized carbons (Fsp3) is 0.500. The first-order valence-electron chi connectivity index (χ1n) is 6.37. The number of carbonyl (C=O) groups excluding carboxylic acids is 1. The van der Waals surface area contributed by atoms with E-state index in [-0.39, 0.29) is 18.5 Å². The molecule has 0 aliphatic rings. The Morgan fingerprint density at radius 2 is 2.11 bits per heavy atom.